The third-order valence-electron chi connectivity index (χ3n) is 3.27. The Morgan fingerprint density at radius 1 is 1.31 bits per heavy atom. The van der Waals surface area contributed by atoms with E-state index in [1.807, 2.05) is 30.3 Å². The second-order valence-electron chi connectivity index (χ2n) is 4.46. The highest BCUT2D eigenvalue weighted by atomic mass is 32.2. The van der Waals surface area contributed by atoms with Crippen molar-refractivity contribution in [2.45, 2.75) is 30.2 Å². The van der Waals surface area contributed by atoms with Crippen molar-refractivity contribution >= 4 is 10.8 Å². The van der Waals surface area contributed by atoms with Crippen molar-refractivity contribution in [3.8, 4) is 0 Å². The van der Waals surface area contributed by atoms with Crippen molar-refractivity contribution in [3.05, 3.63) is 30.3 Å². The van der Waals surface area contributed by atoms with Crippen LogP contribution in [0.2, 0.25) is 0 Å². The van der Waals surface area contributed by atoms with Crippen LogP contribution < -0.4 is 0 Å². The van der Waals surface area contributed by atoms with Gasteiger partial charge in [-0.2, -0.15) is 0 Å². The van der Waals surface area contributed by atoms with Gasteiger partial charge in [-0.05, 0) is 38.6 Å². The lowest BCUT2D eigenvalue weighted by atomic mass is 10.1. The number of rotatable bonds is 3. The Bertz CT molecular complexity index is 352. The van der Waals surface area contributed by atoms with Gasteiger partial charge in [-0.15, -0.1) is 0 Å². The number of piperidine rings is 1. The summed E-state index contributed by atoms with van der Waals surface area (Å²) in [5.74, 6) is 0.778. The van der Waals surface area contributed by atoms with E-state index in [2.05, 4.69) is 11.9 Å². The van der Waals surface area contributed by atoms with Crippen molar-refractivity contribution in [2.75, 3.05) is 19.3 Å². The third-order valence-corrected chi connectivity index (χ3v) is 4.76. The molecule has 3 heteroatoms. The Balaban J connectivity index is 1.96. The maximum Gasteiger partial charge on any atom is 0.0545 e. The van der Waals surface area contributed by atoms with E-state index in [1.165, 1.54) is 19.3 Å². The minimum absolute atomic E-state index is 0.495. The number of nitrogens with zero attached hydrogens (tertiary/aromatic N) is 1. The van der Waals surface area contributed by atoms with E-state index >= 15 is 0 Å². The van der Waals surface area contributed by atoms with Crippen molar-refractivity contribution in [1.82, 2.24) is 4.90 Å². The number of hydrogen-bond acceptors (Lipinski definition) is 2. The Kier molecular flexibility index (Phi) is 4.13. The van der Waals surface area contributed by atoms with E-state index in [0.29, 0.717) is 6.04 Å². The molecule has 1 aromatic carbocycles. The van der Waals surface area contributed by atoms with E-state index in [0.717, 1.165) is 17.2 Å². The molecule has 0 aliphatic carbocycles. The molecule has 1 unspecified atom stereocenters. The largest absolute Gasteiger partial charge is 0.302 e. The predicted molar refractivity (Wildman–Crippen MR) is 68.0 cm³/mol. The molecule has 2 nitrogen and oxygen atoms in total. The first-order valence-corrected chi connectivity index (χ1v) is 7.23. The van der Waals surface area contributed by atoms with Crippen LogP contribution in [0.4, 0.5) is 0 Å². The zero-order chi connectivity index (χ0) is 11.4. The van der Waals surface area contributed by atoms with Crippen LogP contribution in [-0.2, 0) is 10.8 Å². The molecule has 0 N–H and O–H groups in total. The minimum atomic E-state index is -0.843. The molecular weight excluding hydrogens is 218 g/mol. The van der Waals surface area contributed by atoms with Gasteiger partial charge in [0.1, 0.15) is 0 Å². The summed E-state index contributed by atoms with van der Waals surface area (Å²) in [7, 11) is 1.30. The Labute approximate surface area is 100 Å². The van der Waals surface area contributed by atoms with E-state index in [4.69, 9.17) is 0 Å². The quantitative estimate of drug-likeness (QED) is 0.804. The van der Waals surface area contributed by atoms with Crippen LogP contribution >= 0.6 is 0 Å². The molecule has 0 radical (unpaired) electrons. The molecule has 0 aromatic heterocycles. The molecule has 0 saturated carbocycles. The third kappa shape index (κ3) is 2.92. The summed E-state index contributed by atoms with van der Waals surface area (Å²) in [6.45, 7) is 1.15. The van der Waals surface area contributed by atoms with E-state index in [9.17, 15) is 4.21 Å². The Hall–Kier alpha value is -0.670. The summed E-state index contributed by atoms with van der Waals surface area (Å²) in [6.07, 6.45) is 3.75. The van der Waals surface area contributed by atoms with Gasteiger partial charge in [0.25, 0.3) is 0 Å². The topological polar surface area (TPSA) is 20.3 Å². The van der Waals surface area contributed by atoms with Gasteiger partial charge in [-0.1, -0.05) is 24.6 Å². The molecule has 1 saturated heterocycles. The van der Waals surface area contributed by atoms with E-state index < -0.39 is 10.8 Å². The Morgan fingerprint density at radius 2 is 2.06 bits per heavy atom. The predicted octanol–water partition coefficient (Wildman–Crippen LogP) is 2.28. The van der Waals surface area contributed by atoms with Gasteiger partial charge in [0.15, 0.2) is 0 Å². The number of benzene rings is 1. The SMILES string of the molecule is CN1CCCC[C@@H]1CS(=O)c1ccccc1. The molecule has 88 valence electrons. The molecule has 1 heterocycles. The smallest absolute Gasteiger partial charge is 0.0545 e. The first-order chi connectivity index (χ1) is 7.77. The summed E-state index contributed by atoms with van der Waals surface area (Å²) < 4.78 is 12.1. The van der Waals surface area contributed by atoms with Crippen molar-refractivity contribution in [3.63, 3.8) is 0 Å². The summed E-state index contributed by atoms with van der Waals surface area (Å²) in [5.41, 5.74) is 0. The van der Waals surface area contributed by atoms with Gasteiger partial charge in [-0.25, -0.2) is 0 Å². The molecule has 1 aliphatic rings. The summed E-state index contributed by atoms with van der Waals surface area (Å²) in [6, 6.07) is 10.3. The maximum atomic E-state index is 12.1. The van der Waals surface area contributed by atoms with Crippen molar-refractivity contribution < 1.29 is 4.21 Å². The van der Waals surface area contributed by atoms with Crippen LogP contribution in [0.15, 0.2) is 35.2 Å². The molecule has 2 atom stereocenters. The maximum absolute atomic E-state index is 12.1. The van der Waals surface area contributed by atoms with Crippen LogP contribution in [0.5, 0.6) is 0 Å². The number of hydrogen-bond donors (Lipinski definition) is 0. The molecule has 0 bridgehead atoms. The Morgan fingerprint density at radius 3 is 2.75 bits per heavy atom. The lowest BCUT2D eigenvalue weighted by Crippen LogP contribution is -2.39. The molecule has 0 spiro atoms. The highest BCUT2D eigenvalue weighted by molar-refractivity contribution is 7.85. The van der Waals surface area contributed by atoms with Gasteiger partial charge in [0.2, 0.25) is 0 Å². The standard InChI is InChI=1S/C13H19NOS/c1-14-10-6-5-7-12(14)11-16(15)13-8-3-2-4-9-13/h2-4,8-9,12H,5-7,10-11H2,1H3/t12-,16?/m1/s1. The van der Waals surface area contributed by atoms with Gasteiger partial charge in [0, 0.05) is 16.7 Å². The van der Waals surface area contributed by atoms with Gasteiger partial charge in [-0.3, -0.25) is 4.21 Å². The first kappa shape index (κ1) is 11.8. The fourth-order valence-corrected chi connectivity index (χ4v) is 3.62. The monoisotopic (exact) mass is 237 g/mol. The zero-order valence-electron chi connectivity index (χ0n) is 9.76. The van der Waals surface area contributed by atoms with E-state index in [-0.39, 0.29) is 0 Å². The summed E-state index contributed by atoms with van der Waals surface area (Å²) in [4.78, 5) is 3.31. The molecular formula is C13H19NOS. The van der Waals surface area contributed by atoms with Crippen LogP contribution in [0.1, 0.15) is 19.3 Å². The summed E-state index contributed by atoms with van der Waals surface area (Å²) >= 11 is 0. The molecule has 1 aromatic rings. The lowest BCUT2D eigenvalue weighted by Gasteiger charge is -2.32. The van der Waals surface area contributed by atoms with Crippen LogP contribution in [0.3, 0.4) is 0 Å². The van der Waals surface area contributed by atoms with Gasteiger partial charge in [0.05, 0.1) is 10.8 Å². The van der Waals surface area contributed by atoms with Crippen molar-refractivity contribution in [1.29, 1.82) is 0 Å². The van der Waals surface area contributed by atoms with Crippen LogP contribution in [-0.4, -0.2) is 34.5 Å². The first-order valence-electron chi connectivity index (χ1n) is 5.91. The fourth-order valence-electron chi connectivity index (χ4n) is 2.20. The molecule has 1 fully saturated rings. The average Bonchev–Trinajstić information content (AvgIpc) is 2.33. The highest BCUT2D eigenvalue weighted by Crippen LogP contribution is 2.18. The van der Waals surface area contributed by atoms with Crippen LogP contribution in [0, 0.1) is 0 Å². The minimum Gasteiger partial charge on any atom is -0.302 e. The van der Waals surface area contributed by atoms with Crippen molar-refractivity contribution in [2.24, 2.45) is 0 Å². The second kappa shape index (κ2) is 5.60. The molecule has 1 aliphatic heterocycles. The average molecular weight is 237 g/mol. The number of likely N-dealkylation sites (tertiary alicyclic amines) is 1. The molecule has 0 amide bonds. The molecule has 16 heavy (non-hydrogen) atoms. The second-order valence-corrected chi connectivity index (χ2v) is 5.95. The highest BCUT2D eigenvalue weighted by Gasteiger charge is 2.21. The summed E-state index contributed by atoms with van der Waals surface area (Å²) in [5, 5.41) is 0. The van der Waals surface area contributed by atoms with Gasteiger partial charge >= 0.3 is 0 Å². The fraction of sp³-hybridized carbons (Fsp3) is 0.538. The van der Waals surface area contributed by atoms with Gasteiger partial charge < -0.3 is 4.90 Å². The zero-order valence-corrected chi connectivity index (χ0v) is 10.6. The van der Waals surface area contributed by atoms with Crippen LogP contribution in [0.25, 0.3) is 0 Å². The lowest BCUT2D eigenvalue weighted by molar-refractivity contribution is 0.203. The normalized spacial score (nSPS) is 24.2. The van der Waals surface area contributed by atoms with E-state index in [1.54, 1.807) is 0 Å². The molecule has 2 rings (SSSR count).